The van der Waals surface area contributed by atoms with Crippen molar-refractivity contribution in [1.82, 2.24) is 14.9 Å². The normalized spacial score (nSPS) is 16.0. The smallest absolute Gasteiger partial charge is 0.261 e. The summed E-state index contributed by atoms with van der Waals surface area (Å²) < 4.78 is 10.9. The molecule has 0 unspecified atom stereocenters. The fourth-order valence-electron chi connectivity index (χ4n) is 4.27. The minimum Gasteiger partial charge on any atom is -0.496 e. The van der Waals surface area contributed by atoms with E-state index in [2.05, 4.69) is 11.1 Å². The topological polar surface area (TPSA) is 90.6 Å². The van der Waals surface area contributed by atoms with Crippen LogP contribution in [0, 0.1) is 6.92 Å². The Morgan fingerprint density at radius 1 is 1.09 bits per heavy atom. The first-order valence-corrected chi connectivity index (χ1v) is 10.7. The van der Waals surface area contributed by atoms with Gasteiger partial charge in [-0.1, -0.05) is 6.07 Å². The number of benzene rings is 1. The van der Waals surface area contributed by atoms with Crippen LogP contribution in [-0.2, 0) is 0 Å². The van der Waals surface area contributed by atoms with Crippen molar-refractivity contribution in [2.24, 2.45) is 0 Å². The number of nitrogen functional groups attached to an aromatic ring is 1. The third-order valence-electron chi connectivity index (χ3n) is 5.86. The highest BCUT2D eigenvalue weighted by molar-refractivity contribution is 5.99. The van der Waals surface area contributed by atoms with Gasteiger partial charge in [0, 0.05) is 42.2 Å². The van der Waals surface area contributed by atoms with Gasteiger partial charge >= 0.3 is 0 Å². The summed E-state index contributed by atoms with van der Waals surface area (Å²) in [5.74, 6) is 1.59. The largest absolute Gasteiger partial charge is 0.496 e. The number of ether oxygens (including phenoxy) is 2. The second-order valence-electron chi connectivity index (χ2n) is 8.02. The summed E-state index contributed by atoms with van der Waals surface area (Å²) in [5, 5.41) is 0. The molecule has 0 saturated carbocycles. The van der Waals surface area contributed by atoms with E-state index in [1.165, 1.54) is 0 Å². The van der Waals surface area contributed by atoms with Crippen LogP contribution in [0.15, 0.2) is 48.7 Å². The molecule has 3 aromatic rings. The van der Waals surface area contributed by atoms with Crippen molar-refractivity contribution < 1.29 is 14.3 Å². The van der Waals surface area contributed by atoms with Gasteiger partial charge in [0.1, 0.15) is 22.9 Å². The molecule has 3 heterocycles. The molecule has 2 N–H and O–H groups in total. The number of pyridine rings is 2. The van der Waals surface area contributed by atoms with Crippen molar-refractivity contribution in [3.63, 3.8) is 0 Å². The number of nitrogens with two attached hydrogens (primary N) is 1. The quantitative estimate of drug-likeness (QED) is 0.654. The maximum atomic E-state index is 13.4. The second kappa shape index (κ2) is 9.26. The lowest BCUT2D eigenvalue weighted by atomic mass is 9.92. The summed E-state index contributed by atoms with van der Waals surface area (Å²) >= 11 is 0. The van der Waals surface area contributed by atoms with E-state index < -0.39 is 0 Å². The molecule has 1 aliphatic rings. The lowest BCUT2D eigenvalue weighted by Gasteiger charge is -2.33. The highest BCUT2D eigenvalue weighted by Gasteiger charge is 2.30. The van der Waals surface area contributed by atoms with Crippen molar-refractivity contribution >= 4 is 11.7 Å². The number of hydrogen-bond donors (Lipinski definition) is 1. The molecule has 1 atom stereocenters. The van der Waals surface area contributed by atoms with Crippen LogP contribution in [0.3, 0.4) is 0 Å². The van der Waals surface area contributed by atoms with Gasteiger partial charge in [0.25, 0.3) is 5.91 Å². The molecule has 4 rings (SSSR count). The number of methoxy groups -OCH3 is 2. The molecular formula is C25H28N4O3. The monoisotopic (exact) mass is 432 g/mol. The van der Waals surface area contributed by atoms with E-state index in [0.717, 1.165) is 35.4 Å². The van der Waals surface area contributed by atoms with Crippen LogP contribution in [-0.4, -0.2) is 48.1 Å². The van der Waals surface area contributed by atoms with Gasteiger partial charge in [-0.15, -0.1) is 0 Å². The molecule has 166 valence electrons. The lowest BCUT2D eigenvalue weighted by molar-refractivity contribution is 0.0699. The van der Waals surface area contributed by atoms with E-state index in [0.29, 0.717) is 36.0 Å². The molecule has 1 amide bonds. The zero-order valence-corrected chi connectivity index (χ0v) is 18.7. The Kier molecular flexibility index (Phi) is 6.25. The minimum absolute atomic E-state index is 0.0837. The summed E-state index contributed by atoms with van der Waals surface area (Å²) in [6.45, 7) is 3.27. The average molecular weight is 433 g/mol. The van der Waals surface area contributed by atoms with E-state index in [9.17, 15) is 4.79 Å². The fraction of sp³-hybridized carbons (Fsp3) is 0.320. The third-order valence-corrected chi connectivity index (χ3v) is 5.86. The number of carbonyl (C=O) groups excluding carboxylic acids is 1. The number of aromatic nitrogens is 2. The number of piperidine rings is 1. The van der Waals surface area contributed by atoms with Gasteiger partial charge < -0.3 is 20.1 Å². The first-order chi connectivity index (χ1) is 15.5. The molecule has 1 fully saturated rings. The van der Waals surface area contributed by atoms with Crippen LogP contribution in [0.2, 0.25) is 0 Å². The van der Waals surface area contributed by atoms with Crippen molar-refractivity contribution in [2.45, 2.75) is 25.7 Å². The van der Waals surface area contributed by atoms with Gasteiger partial charge in [0.15, 0.2) is 0 Å². The van der Waals surface area contributed by atoms with Gasteiger partial charge in [0.2, 0.25) is 0 Å². The number of nitrogens with zero attached hydrogens (tertiary/aromatic N) is 3. The fourth-order valence-corrected chi connectivity index (χ4v) is 4.27. The summed E-state index contributed by atoms with van der Waals surface area (Å²) in [5.41, 5.74) is 10.2. The number of rotatable bonds is 5. The van der Waals surface area contributed by atoms with Crippen molar-refractivity contribution in [1.29, 1.82) is 0 Å². The Bertz CT molecular complexity index is 1090. The highest BCUT2D eigenvalue weighted by atomic mass is 16.5. The molecular weight excluding hydrogens is 404 g/mol. The number of aryl methyl sites for hydroxylation is 1. The van der Waals surface area contributed by atoms with Crippen LogP contribution in [0.4, 0.5) is 5.82 Å². The molecule has 1 aromatic carbocycles. The predicted molar refractivity (Wildman–Crippen MR) is 124 cm³/mol. The van der Waals surface area contributed by atoms with Crippen LogP contribution < -0.4 is 15.2 Å². The maximum Gasteiger partial charge on any atom is 0.261 e. The summed E-state index contributed by atoms with van der Waals surface area (Å²) in [4.78, 5) is 24.3. The molecule has 1 saturated heterocycles. The van der Waals surface area contributed by atoms with Gasteiger partial charge in [-0.2, -0.15) is 0 Å². The van der Waals surface area contributed by atoms with E-state index in [1.807, 2.05) is 30.0 Å². The van der Waals surface area contributed by atoms with Gasteiger partial charge in [-0.05, 0) is 61.7 Å². The number of hydrogen-bond acceptors (Lipinski definition) is 6. The standard InChI is InChI=1S/C25H28N4O3/c1-16-12-19(17-9-10-23(26)27-14-17)13-20(28-16)18-6-5-11-29(15-18)25(30)24-21(31-2)7-4-8-22(24)32-3/h4,7-10,12-14,18H,5-6,11,15H2,1-3H3,(H2,26,27)/t18-/m0/s1. The summed E-state index contributed by atoms with van der Waals surface area (Å²) in [6, 6.07) is 13.3. The first kappa shape index (κ1) is 21.6. The SMILES string of the molecule is COc1cccc(OC)c1C(=O)N1CCC[C@H](c2cc(-c3ccc(N)nc3)cc(C)n2)C1. The van der Waals surface area contributed by atoms with E-state index in [1.54, 1.807) is 38.6 Å². The lowest BCUT2D eigenvalue weighted by Crippen LogP contribution is -2.39. The van der Waals surface area contributed by atoms with Crippen molar-refractivity contribution in [3.8, 4) is 22.6 Å². The number of likely N-dealkylation sites (tertiary alicyclic amines) is 1. The number of carbonyl (C=O) groups is 1. The molecule has 0 spiro atoms. The zero-order valence-electron chi connectivity index (χ0n) is 18.7. The zero-order chi connectivity index (χ0) is 22.7. The van der Waals surface area contributed by atoms with E-state index in [4.69, 9.17) is 20.2 Å². The molecule has 1 aliphatic heterocycles. The van der Waals surface area contributed by atoms with Crippen LogP contribution >= 0.6 is 0 Å². The number of amides is 1. The molecule has 2 aromatic heterocycles. The Morgan fingerprint density at radius 3 is 2.50 bits per heavy atom. The van der Waals surface area contributed by atoms with Gasteiger partial charge in [0.05, 0.1) is 14.2 Å². The average Bonchev–Trinajstić information content (AvgIpc) is 2.83. The molecule has 7 nitrogen and oxygen atoms in total. The van der Waals surface area contributed by atoms with Crippen LogP contribution in [0.1, 0.15) is 40.5 Å². The minimum atomic E-state index is -0.0837. The van der Waals surface area contributed by atoms with Gasteiger partial charge in [-0.3, -0.25) is 9.78 Å². The third kappa shape index (κ3) is 4.37. The number of anilines is 1. The van der Waals surface area contributed by atoms with Crippen molar-refractivity contribution in [3.05, 3.63) is 65.6 Å². The Balaban J connectivity index is 1.61. The Labute approximate surface area is 188 Å². The molecule has 0 radical (unpaired) electrons. The molecule has 0 bridgehead atoms. The maximum absolute atomic E-state index is 13.4. The van der Waals surface area contributed by atoms with Crippen LogP contribution in [0.25, 0.3) is 11.1 Å². The highest BCUT2D eigenvalue weighted by Crippen LogP contribution is 2.34. The van der Waals surface area contributed by atoms with E-state index in [-0.39, 0.29) is 11.8 Å². The second-order valence-corrected chi connectivity index (χ2v) is 8.02. The van der Waals surface area contributed by atoms with Crippen LogP contribution in [0.5, 0.6) is 11.5 Å². The van der Waals surface area contributed by atoms with E-state index >= 15 is 0 Å². The predicted octanol–water partition coefficient (Wildman–Crippen LogP) is 4.07. The molecule has 32 heavy (non-hydrogen) atoms. The Morgan fingerprint density at radius 2 is 1.84 bits per heavy atom. The molecule has 7 heteroatoms. The summed E-state index contributed by atoms with van der Waals surface area (Å²) in [7, 11) is 3.13. The van der Waals surface area contributed by atoms with Gasteiger partial charge in [-0.25, -0.2) is 4.98 Å². The first-order valence-electron chi connectivity index (χ1n) is 10.7. The Hall–Kier alpha value is -3.61. The van der Waals surface area contributed by atoms with Crippen molar-refractivity contribution in [2.75, 3.05) is 33.0 Å². The molecule has 0 aliphatic carbocycles. The summed E-state index contributed by atoms with van der Waals surface area (Å²) in [6.07, 6.45) is 3.66.